The first kappa shape index (κ1) is 23.1. The molecule has 0 aliphatic heterocycles. The predicted octanol–water partition coefficient (Wildman–Crippen LogP) is 5.65. The summed E-state index contributed by atoms with van der Waals surface area (Å²) in [4.78, 5) is 20.5. The molecule has 8 nitrogen and oxygen atoms in total. The molecule has 2 heterocycles. The molecule has 174 valence electrons. The fourth-order valence-corrected chi connectivity index (χ4v) is 3.26. The molecule has 0 aliphatic carbocycles. The third kappa shape index (κ3) is 5.81. The van der Waals surface area contributed by atoms with Gasteiger partial charge in [0.1, 0.15) is 12.4 Å². The van der Waals surface area contributed by atoms with Crippen LogP contribution in [0.4, 0.5) is 42.0 Å². The zero-order chi connectivity index (χ0) is 24.3. The molecule has 0 fully saturated rings. The Bertz CT molecular complexity index is 1370. The summed E-state index contributed by atoms with van der Waals surface area (Å²) < 4.78 is 38.6. The van der Waals surface area contributed by atoms with Crippen LogP contribution in [0.2, 0.25) is 5.02 Å². The second-order valence-electron chi connectivity index (χ2n) is 7.12. The van der Waals surface area contributed by atoms with E-state index in [-0.39, 0.29) is 17.5 Å². The van der Waals surface area contributed by atoms with Gasteiger partial charge in [0.05, 0.1) is 17.4 Å². The highest BCUT2D eigenvalue weighted by Gasteiger charge is 2.28. The van der Waals surface area contributed by atoms with Crippen molar-refractivity contribution in [3.8, 4) is 0 Å². The lowest BCUT2D eigenvalue weighted by atomic mass is 10.2. The number of aromatic nitrogens is 4. The molecular weight excluding hydrogens is 471 g/mol. The summed E-state index contributed by atoms with van der Waals surface area (Å²) in [7, 11) is 0. The normalized spacial score (nSPS) is 11.3. The van der Waals surface area contributed by atoms with Crippen LogP contribution in [0.3, 0.4) is 0 Å². The van der Waals surface area contributed by atoms with E-state index in [0.717, 1.165) is 10.8 Å². The number of nitrogens with zero attached hydrogens (tertiary/aromatic N) is 4. The first-order valence-corrected chi connectivity index (χ1v) is 10.2. The summed E-state index contributed by atoms with van der Waals surface area (Å²) in [6.07, 6.45) is -0.768. The topological polar surface area (TPSA) is 96.8 Å². The number of rotatable bonds is 7. The maximum atomic E-state index is 12.6. The average molecular weight is 488 g/mol. The minimum absolute atomic E-state index is 0.139. The lowest BCUT2D eigenvalue weighted by Gasteiger charge is -2.13. The summed E-state index contributed by atoms with van der Waals surface area (Å²) in [5, 5.41) is 13.5. The summed E-state index contributed by atoms with van der Waals surface area (Å²) in [6.45, 7) is 2.22. The molecule has 0 saturated heterocycles. The number of anilines is 5. The Morgan fingerprint density at radius 1 is 1.09 bits per heavy atom. The van der Waals surface area contributed by atoms with Crippen LogP contribution in [0, 0.1) is 0 Å². The van der Waals surface area contributed by atoms with Gasteiger partial charge in [-0.15, -0.1) is 0 Å². The molecule has 0 atom stereocenters. The van der Waals surface area contributed by atoms with Crippen molar-refractivity contribution >= 4 is 57.2 Å². The van der Waals surface area contributed by atoms with E-state index in [1.54, 1.807) is 42.5 Å². The van der Waals surface area contributed by atoms with Gasteiger partial charge in [0, 0.05) is 28.0 Å². The third-order valence-corrected chi connectivity index (χ3v) is 4.70. The van der Waals surface area contributed by atoms with Crippen molar-refractivity contribution in [2.75, 3.05) is 16.0 Å². The third-order valence-electron chi connectivity index (χ3n) is 4.47. The van der Waals surface area contributed by atoms with E-state index >= 15 is 0 Å². The molecule has 0 spiro atoms. The second kappa shape index (κ2) is 9.40. The van der Waals surface area contributed by atoms with Crippen molar-refractivity contribution in [1.82, 2.24) is 19.7 Å². The second-order valence-corrected chi connectivity index (χ2v) is 7.56. The number of fused-ring (bicyclic) bond motifs is 1. The van der Waals surface area contributed by atoms with Gasteiger partial charge in [-0.2, -0.15) is 23.3 Å². The Morgan fingerprint density at radius 3 is 2.65 bits per heavy atom. The molecule has 0 aliphatic rings. The van der Waals surface area contributed by atoms with Crippen molar-refractivity contribution in [2.45, 2.75) is 12.7 Å². The van der Waals surface area contributed by atoms with Crippen LogP contribution >= 0.6 is 11.6 Å². The Balaban J connectivity index is 1.65. The highest BCUT2D eigenvalue weighted by atomic mass is 35.5. The van der Waals surface area contributed by atoms with Crippen molar-refractivity contribution in [3.63, 3.8) is 0 Å². The average Bonchev–Trinajstić information content (AvgIpc) is 3.19. The Labute approximate surface area is 196 Å². The molecule has 0 radical (unpaired) electrons. The molecule has 34 heavy (non-hydrogen) atoms. The summed E-state index contributed by atoms with van der Waals surface area (Å²) >= 11 is 6.16. The van der Waals surface area contributed by atoms with Gasteiger partial charge in [0.25, 0.3) is 0 Å². The largest absolute Gasteiger partial charge is 0.408 e. The Kier molecular flexibility index (Phi) is 6.37. The number of carbonyl (C=O) groups is 1. The molecule has 1 amide bonds. The smallest absolute Gasteiger partial charge is 0.339 e. The van der Waals surface area contributed by atoms with Crippen molar-refractivity contribution < 1.29 is 18.0 Å². The highest BCUT2D eigenvalue weighted by molar-refractivity contribution is 6.31. The summed E-state index contributed by atoms with van der Waals surface area (Å²) in [5.74, 6) is 0.179. The van der Waals surface area contributed by atoms with Gasteiger partial charge in [-0.05, 0) is 42.5 Å². The molecule has 2 aromatic heterocycles. The van der Waals surface area contributed by atoms with Gasteiger partial charge in [0.15, 0.2) is 0 Å². The van der Waals surface area contributed by atoms with Crippen LogP contribution < -0.4 is 16.0 Å². The zero-order valence-electron chi connectivity index (χ0n) is 17.4. The number of hydrogen-bond donors (Lipinski definition) is 3. The number of halogens is 4. The van der Waals surface area contributed by atoms with Crippen molar-refractivity contribution in [2.24, 2.45) is 0 Å². The van der Waals surface area contributed by atoms with Crippen LogP contribution in [0.5, 0.6) is 0 Å². The number of benzene rings is 2. The number of alkyl halides is 3. The lowest BCUT2D eigenvalue weighted by Crippen LogP contribution is -2.17. The molecular formula is C22H17ClF3N7O. The van der Waals surface area contributed by atoms with Crippen LogP contribution in [-0.4, -0.2) is 31.8 Å². The fraction of sp³-hybridized carbons (Fsp3) is 0.0909. The van der Waals surface area contributed by atoms with Crippen LogP contribution in [0.25, 0.3) is 10.9 Å². The van der Waals surface area contributed by atoms with Crippen molar-refractivity contribution in [3.05, 3.63) is 72.5 Å². The predicted molar refractivity (Wildman–Crippen MR) is 125 cm³/mol. The van der Waals surface area contributed by atoms with Gasteiger partial charge in [-0.1, -0.05) is 24.2 Å². The quantitative estimate of drug-likeness (QED) is 0.291. The monoisotopic (exact) mass is 487 g/mol. The number of amides is 1. The van der Waals surface area contributed by atoms with Crippen LogP contribution in [0.1, 0.15) is 0 Å². The first-order valence-electron chi connectivity index (χ1n) is 9.82. The minimum atomic E-state index is -4.39. The van der Waals surface area contributed by atoms with Gasteiger partial charge < -0.3 is 16.0 Å². The van der Waals surface area contributed by atoms with Gasteiger partial charge in [-0.3, -0.25) is 9.48 Å². The molecule has 0 unspecified atom stereocenters. The minimum Gasteiger partial charge on any atom is -0.339 e. The number of hydrogen-bond acceptors (Lipinski definition) is 6. The lowest BCUT2D eigenvalue weighted by molar-refractivity contribution is -0.142. The fourth-order valence-electron chi connectivity index (χ4n) is 3.08. The molecule has 2 aromatic carbocycles. The number of nitrogens with one attached hydrogen (secondary N) is 3. The van der Waals surface area contributed by atoms with Crippen LogP contribution in [-0.2, 0) is 11.3 Å². The van der Waals surface area contributed by atoms with E-state index in [9.17, 15) is 18.0 Å². The van der Waals surface area contributed by atoms with E-state index in [4.69, 9.17) is 11.6 Å². The van der Waals surface area contributed by atoms with Crippen molar-refractivity contribution in [1.29, 1.82) is 0 Å². The van der Waals surface area contributed by atoms with Gasteiger partial charge in [0.2, 0.25) is 11.9 Å². The zero-order valence-corrected chi connectivity index (χ0v) is 18.2. The van der Waals surface area contributed by atoms with E-state index < -0.39 is 12.7 Å². The molecule has 0 bridgehead atoms. The first-order chi connectivity index (χ1) is 16.2. The summed E-state index contributed by atoms with van der Waals surface area (Å²) in [5.41, 5.74) is 1.99. The van der Waals surface area contributed by atoms with Gasteiger partial charge in [-0.25, -0.2) is 4.98 Å². The molecule has 4 rings (SSSR count). The SMILES string of the molecule is C=CC(=O)Nc1cccc(Nc2nc(Nc3cnn(CC(F)(F)F)c3)nc3ccc(Cl)cc23)c1. The van der Waals surface area contributed by atoms with E-state index in [1.807, 2.05) is 0 Å². The molecule has 12 heteroatoms. The standard InChI is InChI=1S/C22H17ClF3N7O/c1-2-19(34)28-14-4-3-5-15(9-14)29-20-17-8-13(23)6-7-18(17)31-21(32-20)30-16-10-27-33(11-16)12-22(24,25)26/h2-11H,1,12H2,(H,28,34)(H2,29,30,31,32). The Hall–Kier alpha value is -4.12. The molecule has 4 aromatic rings. The maximum Gasteiger partial charge on any atom is 0.408 e. The molecule has 3 N–H and O–H groups in total. The van der Waals surface area contributed by atoms with E-state index in [2.05, 4.69) is 37.6 Å². The van der Waals surface area contributed by atoms with E-state index in [0.29, 0.717) is 33.1 Å². The van der Waals surface area contributed by atoms with E-state index in [1.165, 1.54) is 12.4 Å². The maximum absolute atomic E-state index is 12.6. The molecule has 0 saturated carbocycles. The van der Waals surface area contributed by atoms with Crippen LogP contribution in [0.15, 0.2) is 67.5 Å². The Morgan fingerprint density at radius 2 is 1.88 bits per heavy atom. The number of carbonyl (C=O) groups excluding carboxylic acids is 1. The highest BCUT2D eigenvalue weighted by Crippen LogP contribution is 2.29. The van der Waals surface area contributed by atoms with Gasteiger partial charge >= 0.3 is 6.18 Å². The summed E-state index contributed by atoms with van der Waals surface area (Å²) in [6, 6.07) is 12.0.